The molecule has 2 aliphatic heterocycles. The first kappa shape index (κ1) is 53.8. The minimum absolute atomic E-state index is 0.00817. The van der Waals surface area contributed by atoms with Gasteiger partial charge in [0.05, 0.1) is 28.3 Å². The van der Waals surface area contributed by atoms with Crippen LogP contribution in [0.5, 0.6) is 0 Å². The Labute approximate surface area is 497 Å². The standard InChI is InChI=1S/C77H79BFN3S/c1-46-38-64-67-65(39-46)82(62-33-27-50(73(5,6)7)41-54(62)48-24-20-17-21-25-48)69-56-43-58-60(77(14,15)37-35-75(58,10)11)45-66(56)83-71(69)78(67)70-68(81(64)61-32-26-49(72(2,3)4)40-53(61)47-22-18-16-19-23-47)55-42-57-59(76(12,13)36-34-74(57,8)9)44-63(55)80(70)52-30-28-51(79)29-31-52/h16-33,38-45H,34-37H2,1-15H3. The Bertz CT molecular complexity index is 4290. The second-order valence-electron chi connectivity index (χ2n) is 29.7. The average molecular weight is 1110 g/mol. The third-order valence-corrected chi connectivity index (χ3v) is 21.3. The van der Waals surface area contributed by atoms with Crippen LogP contribution in [0.25, 0.3) is 48.9 Å². The van der Waals surface area contributed by atoms with Gasteiger partial charge in [-0.2, -0.15) is 0 Å². The third kappa shape index (κ3) is 8.30. The first-order valence-electron chi connectivity index (χ1n) is 30.5. The van der Waals surface area contributed by atoms with Crippen LogP contribution in [0.1, 0.15) is 162 Å². The summed E-state index contributed by atoms with van der Waals surface area (Å²) in [5, 5.41) is 2.52. The highest BCUT2D eigenvalue weighted by Gasteiger charge is 2.51. The fourth-order valence-corrected chi connectivity index (χ4v) is 16.3. The lowest BCUT2D eigenvalue weighted by atomic mass is 9.37. The van der Waals surface area contributed by atoms with Crippen molar-refractivity contribution in [3.8, 4) is 27.9 Å². The Hall–Kier alpha value is -7.15. The average Bonchev–Trinajstić information content (AvgIpc) is 1.61. The topological polar surface area (TPSA) is 11.4 Å². The van der Waals surface area contributed by atoms with Crippen molar-refractivity contribution < 1.29 is 4.39 Å². The normalized spacial score (nSPS) is 17.3. The molecule has 0 spiro atoms. The molecule has 0 atom stereocenters. The number of benzene rings is 8. The second kappa shape index (κ2) is 18.2. The first-order valence-corrected chi connectivity index (χ1v) is 31.3. The van der Waals surface area contributed by atoms with Crippen molar-refractivity contribution in [2.24, 2.45) is 0 Å². The molecule has 2 aliphatic carbocycles. The number of aromatic nitrogens is 1. The molecule has 4 heterocycles. The molecule has 83 heavy (non-hydrogen) atoms. The minimum Gasteiger partial charge on any atom is -0.319 e. The molecule has 8 aromatic carbocycles. The van der Waals surface area contributed by atoms with Gasteiger partial charge in [0.1, 0.15) is 5.82 Å². The molecule has 10 aromatic rings. The van der Waals surface area contributed by atoms with Crippen LogP contribution in [0.2, 0.25) is 0 Å². The van der Waals surface area contributed by atoms with Gasteiger partial charge in [-0.05, 0) is 206 Å². The molecule has 0 fully saturated rings. The lowest BCUT2D eigenvalue weighted by Crippen LogP contribution is -2.62. The number of fused-ring (bicyclic) bond motifs is 10. The van der Waals surface area contributed by atoms with Gasteiger partial charge < -0.3 is 14.4 Å². The quantitative estimate of drug-likeness (QED) is 0.159. The van der Waals surface area contributed by atoms with Crippen molar-refractivity contribution in [2.75, 3.05) is 9.80 Å². The van der Waals surface area contributed by atoms with E-state index in [9.17, 15) is 0 Å². The first-order chi connectivity index (χ1) is 39.2. The summed E-state index contributed by atoms with van der Waals surface area (Å²) in [5.74, 6) is -0.239. The van der Waals surface area contributed by atoms with Crippen LogP contribution >= 0.6 is 11.3 Å². The number of anilines is 6. The predicted molar refractivity (Wildman–Crippen MR) is 356 cm³/mol. The summed E-state index contributed by atoms with van der Waals surface area (Å²) in [6.45, 7) is 35.7. The van der Waals surface area contributed by atoms with Gasteiger partial charge in [0.15, 0.2) is 0 Å². The number of hydrogen-bond donors (Lipinski definition) is 0. The zero-order valence-electron chi connectivity index (χ0n) is 51.5. The van der Waals surface area contributed by atoms with E-state index >= 15 is 4.39 Å². The SMILES string of the molecule is Cc1cc2c3c(c1)N(c1ccc(C(C)(C)C)cc1-c1ccccc1)c1c(n(-c4ccc(F)cc4)c4cc5c(cc14)C(C)(C)CCC5(C)C)B3c1sc3cc4c(cc3c1N2c1ccc(C(C)(C)C)cc1-c1ccccc1)C(C)(C)CCC4(C)C. The summed E-state index contributed by atoms with van der Waals surface area (Å²) < 4.78 is 20.8. The van der Waals surface area contributed by atoms with Gasteiger partial charge in [0.2, 0.25) is 0 Å². The fourth-order valence-electron chi connectivity index (χ4n) is 15.0. The van der Waals surface area contributed by atoms with Crippen LogP contribution in [0.3, 0.4) is 0 Å². The number of hydrogen-bond acceptors (Lipinski definition) is 3. The highest BCUT2D eigenvalue weighted by atomic mass is 32.1. The van der Waals surface area contributed by atoms with E-state index in [0.29, 0.717) is 0 Å². The van der Waals surface area contributed by atoms with E-state index in [1.807, 2.05) is 23.5 Å². The predicted octanol–water partition coefficient (Wildman–Crippen LogP) is 20.0. The molecule has 14 rings (SSSR count). The van der Waals surface area contributed by atoms with E-state index in [1.165, 1.54) is 121 Å². The molecule has 2 aromatic heterocycles. The summed E-state index contributed by atoms with van der Waals surface area (Å²) in [4.78, 5) is 5.39. The molecule has 0 amide bonds. The Kier molecular flexibility index (Phi) is 11.8. The van der Waals surface area contributed by atoms with Crippen molar-refractivity contribution in [3.63, 3.8) is 0 Å². The summed E-state index contributed by atoms with van der Waals surface area (Å²) in [6, 6.07) is 59.5. The van der Waals surface area contributed by atoms with Crippen LogP contribution < -0.4 is 25.6 Å². The molecule has 0 bridgehead atoms. The largest absolute Gasteiger partial charge is 0.319 e. The zero-order chi connectivity index (χ0) is 58.2. The fraction of sp³-hybridized carbons (Fsp3) is 0.325. The summed E-state index contributed by atoms with van der Waals surface area (Å²) in [6.07, 6.45) is 4.47. The van der Waals surface area contributed by atoms with Crippen LogP contribution in [-0.2, 0) is 32.5 Å². The highest BCUT2D eigenvalue weighted by molar-refractivity contribution is 7.33. The van der Waals surface area contributed by atoms with Gasteiger partial charge in [-0.25, -0.2) is 4.39 Å². The molecule has 0 unspecified atom stereocenters. The summed E-state index contributed by atoms with van der Waals surface area (Å²) in [7, 11) is 0. The molecule has 0 N–H and O–H groups in total. The Morgan fingerprint density at radius 1 is 0.470 bits per heavy atom. The van der Waals surface area contributed by atoms with Gasteiger partial charge in [-0.15, -0.1) is 11.3 Å². The lowest BCUT2D eigenvalue weighted by Gasteiger charge is -2.44. The van der Waals surface area contributed by atoms with Crippen LogP contribution in [-0.4, -0.2) is 11.3 Å². The van der Waals surface area contributed by atoms with Crippen molar-refractivity contribution in [2.45, 2.75) is 162 Å². The van der Waals surface area contributed by atoms with Gasteiger partial charge in [-0.3, -0.25) is 0 Å². The van der Waals surface area contributed by atoms with Crippen LogP contribution in [0.15, 0.2) is 158 Å². The van der Waals surface area contributed by atoms with Gasteiger partial charge in [0.25, 0.3) is 6.71 Å². The monoisotopic (exact) mass is 1110 g/mol. The number of nitrogens with zero attached hydrogens (tertiary/aromatic N) is 3. The second-order valence-corrected chi connectivity index (χ2v) is 30.8. The maximum Gasteiger partial charge on any atom is 0.285 e. The van der Waals surface area contributed by atoms with Crippen LogP contribution in [0.4, 0.5) is 38.5 Å². The van der Waals surface area contributed by atoms with E-state index in [4.69, 9.17) is 0 Å². The number of aryl methyl sites for hydroxylation is 1. The number of thiophene rings is 1. The lowest BCUT2D eigenvalue weighted by molar-refractivity contribution is 0.332. The number of rotatable bonds is 5. The van der Waals surface area contributed by atoms with Crippen molar-refractivity contribution in [3.05, 3.63) is 202 Å². The minimum atomic E-state index is -0.239. The molecule has 4 aliphatic rings. The van der Waals surface area contributed by atoms with Gasteiger partial charge in [0, 0.05) is 54.0 Å². The molecule has 6 heteroatoms. The molecule has 418 valence electrons. The molecule has 0 saturated carbocycles. The number of halogens is 1. The Balaban J connectivity index is 1.21. The van der Waals surface area contributed by atoms with Crippen molar-refractivity contribution in [1.82, 2.24) is 4.57 Å². The van der Waals surface area contributed by atoms with E-state index in [0.717, 1.165) is 42.6 Å². The summed E-state index contributed by atoms with van der Waals surface area (Å²) >= 11 is 2.00. The Morgan fingerprint density at radius 3 is 1.40 bits per heavy atom. The van der Waals surface area contributed by atoms with E-state index < -0.39 is 0 Å². The maximum absolute atomic E-state index is 15.6. The van der Waals surface area contributed by atoms with E-state index in [1.54, 1.807) is 12.1 Å². The highest BCUT2D eigenvalue weighted by Crippen LogP contribution is 2.57. The van der Waals surface area contributed by atoms with E-state index in [-0.39, 0.29) is 45.0 Å². The molecule has 3 nitrogen and oxygen atoms in total. The zero-order valence-corrected chi connectivity index (χ0v) is 52.4. The third-order valence-electron chi connectivity index (χ3n) is 20.1. The van der Waals surface area contributed by atoms with Gasteiger partial charge in [-0.1, -0.05) is 170 Å². The molecular formula is C77H79BFN3S. The summed E-state index contributed by atoms with van der Waals surface area (Å²) in [5.41, 5.74) is 25.8. The molecular weight excluding hydrogens is 1030 g/mol. The Morgan fingerprint density at radius 2 is 0.916 bits per heavy atom. The van der Waals surface area contributed by atoms with Crippen LogP contribution in [0, 0.1) is 12.7 Å². The van der Waals surface area contributed by atoms with Crippen molar-refractivity contribution >= 4 is 89.0 Å². The smallest absolute Gasteiger partial charge is 0.285 e. The molecule has 0 radical (unpaired) electrons. The van der Waals surface area contributed by atoms with E-state index in [2.05, 4.69) is 252 Å². The molecule has 0 saturated heterocycles. The van der Waals surface area contributed by atoms with Gasteiger partial charge >= 0.3 is 0 Å². The maximum atomic E-state index is 15.6. The van der Waals surface area contributed by atoms with Crippen molar-refractivity contribution in [1.29, 1.82) is 0 Å².